The second-order valence-corrected chi connectivity index (χ2v) is 7.83. The number of hydrogen-bond acceptors (Lipinski definition) is 4. The Hall–Kier alpha value is -1.91. The molecule has 1 amide bonds. The highest BCUT2D eigenvalue weighted by Crippen LogP contribution is 2.22. The molecule has 0 fully saturated rings. The summed E-state index contributed by atoms with van der Waals surface area (Å²) in [5.41, 5.74) is -0.581. The van der Waals surface area contributed by atoms with Crippen LogP contribution in [0.2, 0.25) is 0 Å². The van der Waals surface area contributed by atoms with Gasteiger partial charge >= 0.3 is 0 Å². The van der Waals surface area contributed by atoms with Crippen LogP contribution in [0.25, 0.3) is 0 Å². The normalized spacial score (nSPS) is 11.5. The molecule has 0 atom stereocenters. The highest BCUT2D eigenvalue weighted by atomic mass is 32.2. The predicted octanol–water partition coefficient (Wildman–Crippen LogP) is 2.64. The van der Waals surface area contributed by atoms with E-state index in [4.69, 9.17) is 0 Å². The van der Waals surface area contributed by atoms with Crippen molar-refractivity contribution in [2.75, 3.05) is 11.9 Å². The molecule has 1 aromatic heterocycles. The summed E-state index contributed by atoms with van der Waals surface area (Å²) in [4.78, 5) is 12.5. The van der Waals surface area contributed by atoms with Gasteiger partial charge in [0.05, 0.1) is 12.2 Å². The Labute approximate surface area is 140 Å². The highest BCUT2D eigenvalue weighted by molar-refractivity contribution is 7.91. The minimum Gasteiger partial charge on any atom is -0.322 e. The third-order valence-electron chi connectivity index (χ3n) is 2.98. The van der Waals surface area contributed by atoms with Gasteiger partial charge < -0.3 is 5.32 Å². The number of benzene rings is 1. The molecule has 0 saturated heterocycles. The fourth-order valence-electron chi connectivity index (χ4n) is 1.74. The van der Waals surface area contributed by atoms with Crippen molar-refractivity contribution < 1.29 is 26.4 Å². The summed E-state index contributed by atoms with van der Waals surface area (Å²) in [7, 11) is -3.88. The van der Waals surface area contributed by atoms with Crippen molar-refractivity contribution in [1.82, 2.24) is 4.72 Å². The number of anilines is 1. The lowest BCUT2D eigenvalue weighted by molar-refractivity contribution is -0.115. The second kappa shape index (κ2) is 7.32. The predicted molar refractivity (Wildman–Crippen MR) is 83.8 cm³/mol. The van der Waals surface area contributed by atoms with Gasteiger partial charge in [0.15, 0.2) is 17.5 Å². The first kappa shape index (κ1) is 18.4. The zero-order chi connectivity index (χ0) is 17.9. The van der Waals surface area contributed by atoms with Crippen LogP contribution in [0.3, 0.4) is 0 Å². The first-order valence-corrected chi connectivity index (χ1v) is 9.06. The SMILES string of the molecule is CCc1ccc(S(=O)(=O)NCC(=O)Nc2ccc(F)c(F)c2F)s1. The van der Waals surface area contributed by atoms with Gasteiger partial charge in [-0.15, -0.1) is 11.3 Å². The Bertz CT molecular complexity index is 866. The van der Waals surface area contributed by atoms with Crippen molar-refractivity contribution in [3.63, 3.8) is 0 Å². The molecule has 0 radical (unpaired) electrons. The highest BCUT2D eigenvalue weighted by Gasteiger charge is 2.19. The largest absolute Gasteiger partial charge is 0.322 e. The smallest absolute Gasteiger partial charge is 0.250 e. The fraction of sp³-hybridized carbons (Fsp3) is 0.214. The third-order valence-corrected chi connectivity index (χ3v) is 6.10. The van der Waals surface area contributed by atoms with Crippen LogP contribution in [0.4, 0.5) is 18.9 Å². The Morgan fingerprint density at radius 3 is 2.46 bits per heavy atom. The summed E-state index contributed by atoms with van der Waals surface area (Å²) in [6, 6.07) is 4.57. The molecule has 10 heteroatoms. The number of aryl methyl sites for hydroxylation is 1. The zero-order valence-electron chi connectivity index (χ0n) is 12.4. The lowest BCUT2D eigenvalue weighted by atomic mass is 10.3. The topological polar surface area (TPSA) is 75.3 Å². The second-order valence-electron chi connectivity index (χ2n) is 4.67. The molecule has 0 aliphatic carbocycles. The maximum atomic E-state index is 13.4. The van der Waals surface area contributed by atoms with E-state index in [1.165, 1.54) is 6.07 Å². The van der Waals surface area contributed by atoms with Crippen molar-refractivity contribution in [2.45, 2.75) is 17.6 Å². The van der Waals surface area contributed by atoms with E-state index < -0.39 is 45.6 Å². The minimum atomic E-state index is -3.88. The van der Waals surface area contributed by atoms with Crippen LogP contribution in [0.15, 0.2) is 28.5 Å². The fourth-order valence-corrected chi connectivity index (χ4v) is 4.06. The molecule has 0 bridgehead atoms. The summed E-state index contributed by atoms with van der Waals surface area (Å²) in [6.07, 6.45) is 0.677. The van der Waals surface area contributed by atoms with Crippen LogP contribution < -0.4 is 10.0 Å². The number of carbonyl (C=O) groups is 1. The van der Waals surface area contributed by atoms with Gasteiger partial charge in [0, 0.05) is 4.88 Å². The molecule has 1 aromatic carbocycles. The van der Waals surface area contributed by atoms with E-state index in [1.807, 2.05) is 12.2 Å². The molecule has 0 aliphatic heterocycles. The summed E-state index contributed by atoms with van der Waals surface area (Å²) < 4.78 is 65.4. The Kier molecular flexibility index (Phi) is 5.62. The number of thiophene rings is 1. The number of amides is 1. The molecular weight excluding hydrogens is 365 g/mol. The van der Waals surface area contributed by atoms with E-state index in [0.29, 0.717) is 12.5 Å². The first-order chi connectivity index (χ1) is 11.2. The van der Waals surface area contributed by atoms with Crippen molar-refractivity contribution in [3.8, 4) is 0 Å². The third kappa shape index (κ3) is 4.13. The Balaban J connectivity index is 2.02. The monoisotopic (exact) mass is 378 g/mol. The van der Waals surface area contributed by atoms with Gasteiger partial charge in [-0.3, -0.25) is 4.79 Å². The van der Waals surface area contributed by atoms with E-state index >= 15 is 0 Å². The molecule has 2 rings (SSSR count). The van der Waals surface area contributed by atoms with E-state index in [1.54, 1.807) is 6.07 Å². The number of carbonyl (C=O) groups excluding carboxylic acids is 1. The molecule has 0 aliphatic rings. The maximum Gasteiger partial charge on any atom is 0.250 e. The van der Waals surface area contributed by atoms with E-state index in [9.17, 15) is 26.4 Å². The lowest BCUT2D eigenvalue weighted by Gasteiger charge is -2.08. The first-order valence-electron chi connectivity index (χ1n) is 6.76. The summed E-state index contributed by atoms with van der Waals surface area (Å²) >= 11 is 1.07. The molecule has 130 valence electrons. The molecule has 1 heterocycles. The molecule has 0 spiro atoms. The van der Waals surface area contributed by atoms with Crippen LogP contribution in [0.1, 0.15) is 11.8 Å². The molecule has 0 saturated carbocycles. The molecule has 5 nitrogen and oxygen atoms in total. The zero-order valence-corrected chi connectivity index (χ0v) is 14.0. The molecule has 2 N–H and O–H groups in total. The van der Waals surface area contributed by atoms with Crippen molar-refractivity contribution in [3.05, 3.63) is 46.6 Å². The quantitative estimate of drug-likeness (QED) is 0.759. The van der Waals surface area contributed by atoms with Crippen LogP contribution in [0, 0.1) is 17.5 Å². The molecular formula is C14H13F3N2O3S2. The van der Waals surface area contributed by atoms with Gasteiger partial charge in [-0.2, -0.15) is 0 Å². The molecule has 2 aromatic rings. The summed E-state index contributed by atoms with van der Waals surface area (Å²) in [5.74, 6) is -5.59. The van der Waals surface area contributed by atoms with E-state index in [-0.39, 0.29) is 4.21 Å². The summed E-state index contributed by atoms with van der Waals surface area (Å²) in [5, 5.41) is 1.97. The van der Waals surface area contributed by atoms with Crippen LogP contribution >= 0.6 is 11.3 Å². The average Bonchev–Trinajstić information content (AvgIpc) is 3.04. The van der Waals surface area contributed by atoms with Crippen molar-refractivity contribution >= 4 is 33.0 Å². The van der Waals surface area contributed by atoms with E-state index in [2.05, 4.69) is 4.72 Å². The van der Waals surface area contributed by atoms with Gasteiger partial charge in [-0.05, 0) is 30.7 Å². The Morgan fingerprint density at radius 2 is 1.83 bits per heavy atom. The van der Waals surface area contributed by atoms with Crippen molar-refractivity contribution in [2.24, 2.45) is 0 Å². The van der Waals surface area contributed by atoms with Gasteiger partial charge in [0.25, 0.3) is 10.0 Å². The average molecular weight is 378 g/mol. The van der Waals surface area contributed by atoms with Crippen molar-refractivity contribution in [1.29, 1.82) is 0 Å². The maximum absolute atomic E-state index is 13.4. The van der Waals surface area contributed by atoms with Gasteiger partial charge in [-0.1, -0.05) is 6.92 Å². The molecule has 0 unspecified atom stereocenters. The van der Waals surface area contributed by atoms with Gasteiger partial charge in [0.1, 0.15) is 4.21 Å². The number of hydrogen-bond donors (Lipinski definition) is 2. The Morgan fingerprint density at radius 1 is 1.12 bits per heavy atom. The van der Waals surface area contributed by atoms with Gasteiger partial charge in [-0.25, -0.2) is 26.3 Å². The van der Waals surface area contributed by atoms with Crippen LogP contribution in [-0.4, -0.2) is 20.9 Å². The van der Waals surface area contributed by atoms with Gasteiger partial charge in [0.2, 0.25) is 5.91 Å². The lowest BCUT2D eigenvalue weighted by Crippen LogP contribution is -2.32. The number of sulfonamides is 1. The minimum absolute atomic E-state index is 0.0474. The summed E-state index contributed by atoms with van der Waals surface area (Å²) in [6.45, 7) is 1.19. The standard InChI is InChI=1S/C14H13F3N2O3S2/c1-2-8-3-6-12(23-8)24(21,22)18-7-11(20)19-10-5-4-9(15)13(16)14(10)17/h3-6,18H,2,7H2,1H3,(H,19,20). The van der Waals surface area contributed by atoms with E-state index in [0.717, 1.165) is 22.3 Å². The molecule has 24 heavy (non-hydrogen) atoms. The number of rotatable bonds is 6. The number of nitrogens with one attached hydrogen (secondary N) is 2. The number of halogens is 3. The van der Waals surface area contributed by atoms with Crippen LogP contribution in [0.5, 0.6) is 0 Å². The van der Waals surface area contributed by atoms with Crippen LogP contribution in [-0.2, 0) is 21.2 Å².